The molecule has 8 nitrogen and oxygen atoms in total. The number of halogens is 3. The first-order valence-corrected chi connectivity index (χ1v) is 10.3. The first kappa shape index (κ1) is 26.9. The van der Waals surface area contributed by atoms with E-state index in [1.54, 1.807) is 6.08 Å². The molecule has 13 heteroatoms. The Balaban J connectivity index is 0.00000289. The van der Waals surface area contributed by atoms with Crippen LogP contribution >= 0.6 is 0 Å². The third-order valence-corrected chi connectivity index (χ3v) is 4.96. The molecule has 0 saturated carbocycles. The van der Waals surface area contributed by atoms with Crippen LogP contribution in [-0.4, -0.2) is 20.6 Å². The van der Waals surface area contributed by atoms with Crippen LogP contribution < -0.4 is 50.1 Å². The van der Waals surface area contributed by atoms with Crippen molar-refractivity contribution in [2.75, 3.05) is 10.0 Å². The van der Waals surface area contributed by atoms with E-state index >= 15 is 0 Å². The number of nitrogens with one attached hydrogen (secondary N) is 2. The molecule has 1 aliphatic carbocycles. The van der Waals surface area contributed by atoms with Crippen molar-refractivity contribution in [2.24, 2.45) is 5.73 Å². The number of nitrogens with two attached hydrogens (primary N) is 1. The number of rotatable bonds is 7. The van der Waals surface area contributed by atoms with Crippen LogP contribution in [0.3, 0.4) is 0 Å². The van der Waals surface area contributed by atoms with Crippen LogP contribution in [0.4, 0.5) is 30.2 Å². The van der Waals surface area contributed by atoms with Crippen molar-refractivity contribution in [3.63, 3.8) is 0 Å². The number of ether oxygens (including phenoxy) is 1. The van der Waals surface area contributed by atoms with E-state index in [0.29, 0.717) is 18.4 Å². The van der Waals surface area contributed by atoms with E-state index in [1.807, 2.05) is 4.72 Å². The second-order valence-corrected chi connectivity index (χ2v) is 7.45. The van der Waals surface area contributed by atoms with Crippen LogP contribution in [-0.2, 0) is 22.2 Å². The third-order valence-electron chi connectivity index (χ3n) is 4.57. The first-order chi connectivity index (χ1) is 15.1. The monoisotopic (exact) mass is 492 g/mol. The van der Waals surface area contributed by atoms with Crippen LogP contribution in [0, 0.1) is 0 Å². The molecule has 0 heterocycles. The largest absolute Gasteiger partial charge is 1.00 e. The summed E-state index contributed by atoms with van der Waals surface area (Å²) >= 11 is -2.83. The summed E-state index contributed by atoms with van der Waals surface area (Å²) in [6, 6.07) is 6.37. The van der Waals surface area contributed by atoms with Crippen molar-refractivity contribution in [2.45, 2.75) is 25.4 Å². The maximum absolute atomic E-state index is 13.1. The molecule has 0 aliphatic heterocycles. The van der Waals surface area contributed by atoms with Gasteiger partial charge in [0.05, 0.1) is 16.9 Å². The predicted molar refractivity (Wildman–Crippen MR) is 111 cm³/mol. The van der Waals surface area contributed by atoms with Crippen molar-refractivity contribution in [3.8, 4) is 5.75 Å². The summed E-state index contributed by atoms with van der Waals surface area (Å²) in [5.74, 6) is -2.07. The van der Waals surface area contributed by atoms with Gasteiger partial charge in [-0.25, -0.2) is 4.79 Å². The van der Waals surface area contributed by atoms with Crippen LogP contribution in [0.15, 0.2) is 48.0 Å². The molecular formula is C20H18F3N3NaO5S-. The fraction of sp³-hybridized carbons (Fsp3) is 0.200. The Morgan fingerprint density at radius 1 is 1.21 bits per heavy atom. The molecule has 2 aromatic rings. The molecular weight excluding hydrogens is 474 g/mol. The zero-order valence-electron chi connectivity index (χ0n) is 18.3. The van der Waals surface area contributed by atoms with Gasteiger partial charge in [0.15, 0.2) is 0 Å². The Bertz CT molecular complexity index is 1130. The van der Waals surface area contributed by atoms with Gasteiger partial charge in [-0.3, -0.25) is 9.00 Å². The zero-order valence-corrected chi connectivity index (χ0v) is 20.1. The molecule has 0 radical (unpaired) electrons. The summed E-state index contributed by atoms with van der Waals surface area (Å²) in [6.45, 7) is 0. The van der Waals surface area contributed by atoms with E-state index in [4.69, 9.17) is 10.5 Å². The summed E-state index contributed by atoms with van der Waals surface area (Å²) in [7, 11) is 0. The van der Waals surface area contributed by atoms with Gasteiger partial charge in [0.1, 0.15) is 11.3 Å². The number of benzene rings is 2. The summed E-state index contributed by atoms with van der Waals surface area (Å²) in [4.78, 5) is 24.6. The minimum Gasteiger partial charge on any atom is -1.00 e. The van der Waals surface area contributed by atoms with Gasteiger partial charge in [0.2, 0.25) is 0 Å². The number of esters is 1. The first-order valence-electron chi connectivity index (χ1n) is 9.24. The van der Waals surface area contributed by atoms with E-state index in [9.17, 15) is 31.5 Å². The van der Waals surface area contributed by atoms with Gasteiger partial charge in [-0.2, -0.15) is 13.2 Å². The van der Waals surface area contributed by atoms with Crippen LogP contribution in [0.25, 0.3) is 0 Å². The quantitative estimate of drug-likeness (QED) is 0.228. The van der Waals surface area contributed by atoms with Gasteiger partial charge >= 0.3 is 41.7 Å². The molecule has 1 atom stereocenters. The average Bonchev–Trinajstić information content (AvgIpc) is 3.24. The Hall–Kier alpha value is -2.38. The molecule has 0 fully saturated rings. The molecule has 0 aromatic heterocycles. The predicted octanol–water partition coefficient (Wildman–Crippen LogP) is 0.886. The summed E-state index contributed by atoms with van der Waals surface area (Å²) in [5.41, 5.74) is 3.91. The van der Waals surface area contributed by atoms with Crippen LogP contribution in [0.2, 0.25) is 0 Å². The van der Waals surface area contributed by atoms with Gasteiger partial charge in [0, 0.05) is 22.5 Å². The maximum atomic E-state index is 13.1. The molecule has 1 amide bonds. The second kappa shape index (κ2) is 11.2. The van der Waals surface area contributed by atoms with E-state index in [-0.39, 0.29) is 53.8 Å². The molecule has 3 rings (SSSR count). The number of alkyl halides is 3. The van der Waals surface area contributed by atoms with Crippen LogP contribution in [0.1, 0.15) is 36.6 Å². The van der Waals surface area contributed by atoms with Crippen molar-refractivity contribution in [1.29, 1.82) is 0 Å². The van der Waals surface area contributed by atoms with E-state index in [1.165, 1.54) is 18.2 Å². The van der Waals surface area contributed by atoms with E-state index in [0.717, 1.165) is 24.6 Å². The third kappa shape index (κ3) is 6.81. The number of carbonyl (C=O) groups excluding carboxylic acids is 2. The fourth-order valence-electron chi connectivity index (χ4n) is 3.16. The second-order valence-electron chi connectivity index (χ2n) is 6.78. The molecule has 0 spiro atoms. The summed E-state index contributed by atoms with van der Waals surface area (Å²) < 4.78 is 68.9. The van der Waals surface area contributed by atoms with Gasteiger partial charge < -0.3 is 26.5 Å². The molecule has 0 bridgehead atoms. The Morgan fingerprint density at radius 3 is 2.52 bits per heavy atom. The zero-order chi connectivity index (χ0) is 23.5. The minimum absolute atomic E-state index is 0. The van der Waals surface area contributed by atoms with Gasteiger partial charge in [-0.15, -0.1) is 0 Å². The normalized spacial score (nSPS) is 14.0. The molecule has 0 saturated heterocycles. The molecule has 172 valence electrons. The summed E-state index contributed by atoms with van der Waals surface area (Å²) in [5, 5.41) is 2.58. The molecule has 33 heavy (non-hydrogen) atoms. The van der Waals surface area contributed by atoms with Crippen molar-refractivity contribution < 1.29 is 67.2 Å². The van der Waals surface area contributed by atoms with Gasteiger partial charge in [0.25, 0.3) is 5.91 Å². The number of amides is 1. The number of hydrogen-bond acceptors (Lipinski definition) is 6. The average molecular weight is 492 g/mol. The molecule has 1 aliphatic rings. The SMILES string of the molecule is NC(=O)c1c(OC(=O)C2=CCCC2)ccc(NS(=O)[O-])c1Nc1cccc(C(F)(F)F)c1.[H-].[Na+]. The Kier molecular flexibility index (Phi) is 9.09. The molecule has 1 unspecified atom stereocenters. The Labute approximate surface area is 212 Å². The van der Waals surface area contributed by atoms with Gasteiger partial charge in [-0.1, -0.05) is 12.1 Å². The number of anilines is 3. The number of carbonyl (C=O) groups is 2. The van der Waals surface area contributed by atoms with Crippen LogP contribution in [0.5, 0.6) is 5.75 Å². The van der Waals surface area contributed by atoms with E-state index < -0.39 is 40.4 Å². The van der Waals surface area contributed by atoms with Crippen molar-refractivity contribution in [1.82, 2.24) is 0 Å². The number of allylic oxidation sites excluding steroid dienone is 1. The van der Waals surface area contributed by atoms with Crippen molar-refractivity contribution >= 4 is 40.2 Å². The summed E-state index contributed by atoms with van der Waals surface area (Å²) in [6.07, 6.45) is -0.963. The minimum atomic E-state index is -4.63. The maximum Gasteiger partial charge on any atom is 1.00 e. The Morgan fingerprint density at radius 2 is 1.94 bits per heavy atom. The number of hydrogen-bond donors (Lipinski definition) is 3. The number of primary amides is 1. The molecule has 4 N–H and O–H groups in total. The standard InChI is InChI=1S/C20H18F3N3O5S.Na.H/c21-20(22,23)12-6-3-7-13(10-12)25-17-14(26-32(29)30)8-9-15(16(17)18(24)27)31-19(28)11-4-1-2-5-11;;/h3-4,6-10,25-26H,1-2,5H2,(H2,24,27)(H,29,30);;/q;+1;-1/p-1. The smallest absolute Gasteiger partial charge is 1.00 e. The van der Waals surface area contributed by atoms with E-state index in [2.05, 4.69) is 5.32 Å². The van der Waals surface area contributed by atoms with Crippen molar-refractivity contribution in [3.05, 3.63) is 59.2 Å². The fourth-order valence-corrected chi connectivity index (χ4v) is 3.51. The topological polar surface area (TPSA) is 134 Å². The molecule has 2 aromatic carbocycles. The van der Waals surface area contributed by atoms with Gasteiger partial charge in [-0.05, 0) is 49.6 Å².